The third-order valence-corrected chi connectivity index (χ3v) is 4.67. The number of benzene rings is 2. The van der Waals surface area contributed by atoms with Crippen LogP contribution in [0.1, 0.15) is 61.9 Å². The summed E-state index contributed by atoms with van der Waals surface area (Å²) in [5, 5.41) is 6.18. The number of nitrogens with one attached hydrogen (secondary N) is 2. The number of carbonyl (C=O) groups excluding carboxylic acids is 1. The molecule has 0 saturated carbocycles. The standard InChI is InChI=1S/C22H28N2O2S/c1-4-6-15-26-18-13-11-17(12-14-18)21(25)24-22(27)23-20-10-8-7-9-19(20)16(3)5-2/h7-14,16H,4-6,15H2,1-3H3,(H2,23,24,25,27). The van der Waals surface area contributed by atoms with Crippen LogP contribution in [0.5, 0.6) is 5.75 Å². The van der Waals surface area contributed by atoms with Gasteiger partial charge in [0.25, 0.3) is 5.91 Å². The summed E-state index contributed by atoms with van der Waals surface area (Å²) in [5.41, 5.74) is 2.65. The average Bonchev–Trinajstić information content (AvgIpc) is 2.68. The summed E-state index contributed by atoms with van der Waals surface area (Å²) in [6, 6.07) is 15.1. The van der Waals surface area contributed by atoms with Gasteiger partial charge in [-0.3, -0.25) is 10.1 Å². The summed E-state index contributed by atoms with van der Waals surface area (Å²) >= 11 is 5.32. The highest BCUT2D eigenvalue weighted by atomic mass is 32.1. The lowest BCUT2D eigenvalue weighted by Crippen LogP contribution is -2.34. The lowest BCUT2D eigenvalue weighted by Gasteiger charge is -2.17. The zero-order chi connectivity index (χ0) is 19.6. The summed E-state index contributed by atoms with van der Waals surface area (Å²) in [7, 11) is 0. The molecule has 0 saturated heterocycles. The minimum atomic E-state index is -0.242. The predicted molar refractivity (Wildman–Crippen MR) is 116 cm³/mol. The maximum atomic E-state index is 12.4. The molecule has 0 radical (unpaired) electrons. The first-order chi connectivity index (χ1) is 13.0. The Labute approximate surface area is 167 Å². The molecule has 1 unspecified atom stereocenters. The quantitative estimate of drug-likeness (QED) is 0.466. The number of ether oxygens (including phenoxy) is 1. The fourth-order valence-corrected chi connectivity index (χ4v) is 2.83. The van der Waals surface area contributed by atoms with Crippen molar-refractivity contribution in [3.63, 3.8) is 0 Å². The molecule has 144 valence electrons. The van der Waals surface area contributed by atoms with Crippen LogP contribution in [-0.2, 0) is 0 Å². The van der Waals surface area contributed by atoms with Gasteiger partial charge in [0.15, 0.2) is 5.11 Å². The van der Waals surface area contributed by atoms with Crippen molar-refractivity contribution in [3.8, 4) is 5.75 Å². The van der Waals surface area contributed by atoms with Gasteiger partial charge in [-0.2, -0.15) is 0 Å². The van der Waals surface area contributed by atoms with Crippen LogP contribution in [0.3, 0.4) is 0 Å². The van der Waals surface area contributed by atoms with Crippen LogP contribution in [0.2, 0.25) is 0 Å². The Balaban J connectivity index is 1.95. The Morgan fingerprint density at radius 1 is 1.11 bits per heavy atom. The summed E-state index contributed by atoms with van der Waals surface area (Å²) < 4.78 is 5.62. The second kappa shape index (κ2) is 10.7. The van der Waals surface area contributed by atoms with Gasteiger partial charge in [-0.05, 0) is 66.9 Å². The molecule has 0 spiro atoms. The van der Waals surface area contributed by atoms with Crippen molar-refractivity contribution in [2.75, 3.05) is 11.9 Å². The fourth-order valence-electron chi connectivity index (χ4n) is 2.63. The molecule has 0 aliphatic carbocycles. The monoisotopic (exact) mass is 384 g/mol. The van der Waals surface area contributed by atoms with Gasteiger partial charge in [-0.25, -0.2) is 0 Å². The van der Waals surface area contributed by atoms with Gasteiger partial charge in [0.1, 0.15) is 5.75 Å². The number of amides is 1. The fraction of sp³-hybridized carbons (Fsp3) is 0.364. The molecular formula is C22H28N2O2S. The second-order valence-electron chi connectivity index (χ2n) is 6.53. The van der Waals surface area contributed by atoms with Crippen LogP contribution in [0.25, 0.3) is 0 Å². The largest absolute Gasteiger partial charge is 0.494 e. The van der Waals surface area contributed by atoms with Crippen LogP contribution in [0, 0.1) is 0 Å². The number of hydrogen-bond donors (Lipinski definition) is 2. The molecule has 5 heteroatoms. The maximum Gasteiger partial charge on any atom is 0.257 e. The molecule has 2 aromatic carbocycles. The van der Waals surface area contributed by atoms with Gasteiger partial charge in [0.2, 0.25) is 0 Å². The number of anilines is 1. The van der Waals surface area contributed by atoms with Crippen LogP contribution < -0.4 is 15.4 Å². The molecule has 1 amide bonds. The van der Waals surface area contributed by atoms with Gasteiger partial charge >= 0.3 is 0 Å². The van der Waals surface area contributed by atoms with Crippen molar-refractivity contribution in [2.45, 2.75) is 46.0 Å². The van der Waals surface area contributed by atoms with Crippen LogP contribution >= 0.6 is 12.2 Å². The Morgan fingerprint density at radius 3 is 2.48 bits per heavy atom. The molecule has 0 aromatic heterocycles. The van der Waals surface area contributed by atoms with Gasteiger partial charge in [0, 0.05) is 11.3 Å². The van der Waals surface area contributed by atoms with Crippen molar-refractivity contribution in [2.24, 2.45) is 0 Å². The number of thiocarbonyl (C=S) groups is 1. The van der Waals surface area contributed by atoms with Crippen molar-refractivity contribution in [3.05, 3.63) is 59.7 Å². The topological polar surface area (TPSA) is 50.4 Å². The lowest BCUT2D eigenvalue weighted by molar-refractivity contribution is 0.0977. The molecule has 0 heterocycles. The molecule has 0 aliphatic heterocycles. The summed E-state index contributed by atoms with van der Waals surface area (Å²) in [6.45, 7) is 7.13. The minimum absolute atomic E-state index is 0.242. The Kier molecular flexibility index (Phi) is 8.27. The maximum absolute atomic E-state index is 12.4. The van der Waals surface area contributed by atoms with E-state index in [1.807, 2.05) is 18.2 Å². The molecule has 0 fully saturated rings. The summed E-state index contributed by atoms with van der Waals surface area (Å²) in [4.78, 5) is 12.4. The molecule has 2 N–H and O–H groups in total. The van der Waals surface area contributed by atoms with Gasteiger partial charge in [0.05, 0.1) is 6.61 Å². The highest BCUT2D eigenvalue weighted by molar-refractivity contribution is 7.80. The molecule has 2 aromatic rings. The second-order valence-corrected chi connectivity index (χ2v) is 6.94. The summed E-state index contributed by atoms with van der Waals surface area (Å²) in [6.07, 6.45) is 3.13. The first-order valence-corrected chi connectivity index (χ1v) is 9.90. The van der Waals surface area contributed by atoms with Crippen molar-refractivity contribution >= 4 is 28.9 Å². The predicted octanol–water partition coefficient (Wildman–Crippen LogP) is 5.51. The van der Waals surface area contributed by atoms with Crippen molar-refractivity contribution in [1.82, 2.24) is 5.32 Å². The first kappa shape index (κ1) is 20.9. The van der Waals surface area contributed by atoms with E-state index in [4.69, 9.17) is 17.0 Å². The first-order valence-electron chi connectivity index (χ1n) is 9.49. The van der Waals surface area contributed by atoms with E-state index in [-0.39, 0.29) is 5.91 Å². The number of para-hydroxylation sites is 1. The van der Waals surface area contributed by atoms with Gasteiger partial charge in [-0.1, -0.05) is 45.4 Å². The molecule has 2 rings (SSSR count). The van der Waals surface area contributed by atoms with E-state index >= 15 is 0 Å². The third-order valence-electron chi connectivity index (χ3n) is 4.46. The zero-order valence-corrected chi connectivity index (χ0v) is 17.1. The number of carbonyl (C=O) groups is 1. The Hall–Kier alpha value is -2.40. The van der Waals surface area contributed by atoms with E-state index < -0.39 is 0 Å². The van der Waals surface area contributed by atoms with Crippen LogP contribution in [0.4, 0.5) is 5.69 Å². The third kappa shape index (κ3) is 6.36. The highest BCUT2D eigenvalue weighted by Crippen LogP contribution is 2.26. The number of hydrogen-bond acceptors (Lipinski definition) is 3. The highest BCUT2D eigenvalue weighted by Gasteiger charge is 2.12. The van der Waals surface area contributed by atoms with Crippen molar-refractivity contribution in [1.29, 1.82) is 0 Å². The molecular weight excluding hydrogens is 356 g/mol. The van der Waals surface area contributed by atoms with E-state index in [9.17, 15) is 4.79 Å². The lowest BCUT2D eigenvalue weighted by atomic mass is 9.97. The number of unbranched alkanes of at least 4 members (excludes halogenated alkanes) is 1. The molecule has 0 aliphatic rings. The average molecular weight is 385 g/mol. The molecule has 1 atom stereocenters. The Bertz CT molecular complexity index is 759. The SMILES string of the molecule is CCCCOc1ccc(C(=O)NC(=S)Nc2ccccc2C(C)CC)cc1. The van der Waals surface area contributed by atoms with E-state index in [2.05, 4.69) is 37.5 Å². The normalized spacial score (nSPS) is 11.5. The Morgan fingerprint density at radius 2 is 1.81 bits per heavy atom. The minimum Gasteiger partial charge on any atom is -0.494 e. The van der Waals surface area contributed by atoms with Gasteiger partial charge in [-0.15, -0.1) is 0 Å². The van der Waals surface area contributed by atoms with E-state index in [0.29, 0.717) is 23.2 Å². The zero-order valence-electron chi connectivity index (χ0n) is 16.2. The van der Waals surface area contributed by atoms with E-state index in [0.717, 1.165) is 30.7 Å². The molecule has 27 heavy (non-hydrogen) atoms. The molecule has 4 nitrogen and oxygen atoms in total. The van der Waals surface area contributed by atoms with E-state index in [1.165, 1.54) is 5.56 Å². The van der Waals surface area contributed by atoms with Crippen molar-refractivity contribution < 1.29 is 9.53 Å². The van der Waals surface area contributed by atoms with Crippen LogP contribution in [-0.4, -0.2) is 17.6 Å². The van der Waals surface area contributed by atoms with Gasteiger partial charge < -0.3 is 10.1 Å². The summed E-state index contributed by atoms with van der Waals surface area (Å²) in [5.74, 6) is 0.935. The smallest absolute Gasteiger partial charge is 0.257 e. The van der Waals surface area contributed by atoms with E-state index in [1.54, 1.807) is 24.3 Å². The van der Waals surface area contributed by atoms with Crippen LogP contribution in [0.15, 0.2) is 48.5 Å². The molecule has 0 bridgehead atoms. The number of rotatable bonds is 8.